The van der Waals surface area contributed by atoms with E-state index in [1.54, 1.807) is 7.11 Å². The van der Waals surface area contributed by atoms with Crippen molar-refractivity contribution in [3.8, 4) is 11.5 Å². The van der Waals surface area contributed by atoms with Crippen molar-refractivity contribution in [2.45, 2.75) is 51.6 Å². The van der Waals surface area contributed by atoms with Crippen LogP contribution in [0.3, 0.4) is 0 Å². The molecule has 1 saturated carbocycles. The summed E-state index contributed by atoms with van der Waals surface area (Å²) < 4.78 is 11.2. The highest BCUT2D eigenvalue weighted by atomic mass is 16.5. The lowest BCUT2D eigenvalue weighted by Gasteiger charge is -2.28. The molecule has 1 fully saturated rings. The molecule has 1 N–H and O–H groups in total. The molecule has 4 heteroatoms. The second-order valence-corrected chi connectivity index (χ2v) is 5.96. The molecule has 0 bridgehead atoms. The summed E-state index contributed by atoms with van der Waals surface area (Å²) in [7, 11) is 1.65. The van der Waals surface area contributed by atoms with E-state index in [-0.39, 0.29) is 12.0 Å². The van der Waals surface area contributed by atoms with Crippen LogP contribution in [0.5, 0.6) is 11.5 Å². The summed E-state index contributed by atoms with van der Waals surface area (Å²) in [4.78, 5) is 11.1. The summed E-state index contributed by atoms with van der Waals surface area (Å²) in [6.07, 6.45) is 3.39. The molecule has 0 atom stereocenters. The maximum Gasteiger partial charge on any atom is 0.306 e. The number of rotatable bonds is 5. The highest BCUT2D eigenvalue weighted by Gasteiger charge is 2.28. The first-order valence-corrected chi connectivity index (χ1v) is 7.58. The van der Waals surface area contributed by atoms with Gasteiger partial charge in [0.05, 0.1) is 19.1 Å². The van der Waals surface area contributed by atoms with Crippen LogP contribution in [0, 0.1) is 5.92 Å². The van der Waals surface area contributed by atoms with E-state index in [4.69, 9.17) is 14.6 Å². The van der Waals surface area contributed by atoms with Crippen molar-refractivity contribution in [1.82, 2.24) is 0 Å². The fraction of sp³-hybridized carbons (Fsp3) is 0.588. The van der Waals surface area contributed by atoms with Crippen LogP contribution >= 0.6 is 0 Å². The molecular weight excluding hydrogens is 268 g/mol. The van der Waals surface area contributed by atoms with E-state index in [1.165, 1.54) is 5.56 Å². The first kappa shape index (κ1) is 15.7. The van der Waals surface area contributed by atoms with E-state index in [0.29, 0.717) is 5.92 Å². The van der Waals surface area contributed by atoms with Crippen molar-refractivity contribution in [2.75, 3.05) is 7.11 Å². The van der Waals surface area contributed by atoms with Crippen molar-refractivity contribution in [3.05, 3.63) is 23.8 Å². The molecule has 1 aliphatic carbocycles. The van der Waals surface area contributed by atoms with Gasteiger partial charge in [0, 0.05) is 6.07 Å². The fourth-order valence-corrected chi connectivity index (χ4v) is 2.99. The van der Waals surface area contributed by atoms with E-state index >= 15 is 0 Å². The molecule has 0 unspecified atom stereocenters. The number of benzene rings is 1. The third-order valence-electron chi connectivity index (χ3n) is 4.10. The minimum Gasteiger partial charge on any atom is -0.497 e. The Morgan fingerprint density at radius 2 is 1.90 bits per heavy atom. The van der Waals surface area contributed by atoms with E-state index < -0.39 is 5.97 Å². The average molecular weight is 292 g/mol. The van der Waals surface area contributed by atoms with Crippen molar-refractivity contribution >= 4 is 5.97 Å². The summed E-state index contributed by atoms with van der Waals surface area (Å²) in [6, 6.07) is 5.94. The number of methoxy groups -OCH3 is 1. The van der Waals surface area contributed by atoms with E-state index in [1.807, 2.05) is 26.0 Å². The molecule has 1 aromatic rings. The number of ether oxygens (including phenoxy) is 2. The standard InChI is InChI=1S/C17H24O4/c1-11(2)21-16-10-14(20-3)8-9-15(16)12-4-6-13(7-5-12)17(18)19/h8-13H,4-7H2,1-3H3,(H,18,19). The summed E-state index contributed by atoms with van der Waals surface area (Å²) >= 11 is 0. The van der Waals surface area contributed by atoms with Crippen LogP contribution < -0.4 is 9.47 Å². The Labute approximate surface area is 126 Å². The van der Waals surface area contributed by atoms with Crippen LogP contribution in [0.15, 0.2) is 18.2 Å². The van der Waals surface area contributed by atoms with E-state index in [9.17, 15) is 4.79 Å². The molecular formula is C17H24O4. The van der Waals surface area contributed by atoms with Gasteiger partial charge in [-0.15, -0.1) is 0 Å². The molecule has 1 aromatic carbocycles. The van der Waals surface area contributed by atoms with Gasteiger partial charge in [-0.2, -0.15) is 0 Å². The van der Waals surface area contributed by atoms with Crippen LogP contribution in [-0.2, 0) is 4.79 Å². The van der Waals surface area contributed by atoms with Gasteiger partial charge in [0.25, 0.3) is 0 Å². The molecule has 0 aromatic heterocycles. The van der Waals surface area contributed by atoms with Crippen molar-refractivity contribution in [2.24, 2.45) is 5.92 Å². The Balaban J connectivity index is 2.17. The SMILES string of the molecule is COc1ccc(C2CCC(C(=O)O)CC2)c(OC(C)C)c1. The molecule has 1 aliphatic rings. The minimum atomic E-state index is -0.665. The number of hydrogen-bond donors (Lipinski definition) is 1. The van der Waals surface area contributed by atoms with Crippen LogP contribution in [0.25, 0.3) is 0 Å². The molecule has 0 aliphatic heterocycles. The van der Waals surface area contributed by atoms with Crippen LogP contribution in [-0.4, -0.2) is 24.3 Å². The second-order valence-electron chi connectivity index (χ2n) is 5.96. The summed E-state index contributed by atoms with van der Waals surface area (Å²) in [5.41, 5.74) is 1.17. The topological polar surface area (TPSA) is 55.8 Å². The summed E-state index contributed by atoms with van der Waals surface area (Å²) in [5, 5.41) is 9.10. The zero-order valence-corrected chi connectivity index (χ0v) is 13.0. The smallest absolute Gasteiger partial charge is 0.306 e. The molecule has 4 nitrogen and oxygen atoms in total. The average Bonchev–Trinajstić information content (AvgIpc) is 2.46. The van der Waals surface area contributed by atoms with Crippen molar-refractivity contribution in [3.63, 3.8) is 0 Å². The predicted octanol–water partition coefficient (Wildman–Crippen LogP) is 3.84. The van der Waals surface area contributed by atoms with Gasteiger partial charge in [0.1, 0.15) is 11.5 Å². The van der Waals surface area contributed by atoms with Crippen LogP contribution in [0.2, 0.25) is 0 Å². The van der Waals surface area contributed by atoms with Gasteiger partial charge in [0.15, 0.2) is 0 Å². The Morgan fingerprint density at radius 1 is 1.24 bits per heavy atom. The zero-order chi connectivity index (χ0) is 15.4. The number of aliphatic carboxylic acids is 1. The van der Waals surface area contributed by atoms with E-state index in [0.717, 1.165) is 37.2 Å². The van der Waals surface area contributed by atoms with Crippen LogP contribution in [0.4, 0.5) is 0 Å². The summed E-state index contributed by atoms with van der Waals surface area (Å²) in [6.45, 7) is 4.01. The molecule has 21 heavy (non-hydrogen) atoms. The molecule has 0 saturated heterocycles. The molecule has 2 rings (SSSR count). The fourth-order valence-electron chi connectivity index (χ4n) is 2.99. The Hall–Kier alpha value is -1.71. The Morgan fingerprint density at radius 3 is 2.43 bits per heavy atom. The first-order chi connectivity index (χ1) is 10.0. The highest BCUT2D eigenvalue weighted by molar-refractivity contribution is 5.70. The monoisotopic (exact) mass is 292 g/mol. The van der Waals surface area contributed by atoms with Crippen LogP contribution in [0.1, 0.15) is 51.0 Å². The van der Waals surface area contributed by atoms with Gasteiger partial charge >= 0.3 is 5.97 Å². The third-order valence-corrected chi connectivity index (χ3v) is 4.10. The van der Waals surface area contributed by atoms with Gasteiger partial charge in [-0.25, -0.2) is 0 Å². The maximum atomic E-state index is 11.1. The second kappa shape index (κ2) is 6.83. The maximum absolute atomic E-state index is 11.1. The van der Waals surface area contributed by atoms with Gasteiger partial charge < -0.3 is 14.6 Å². The number of carboxylic acid groups (broad SMARTS) is 1. The molecule has 0 spiro atoms. The van der Waals surface area contributed by atoms with Crippen molar-refractivity contribution < 1.29 is 19.4 Å². The van der Waals surface area contributed by atoms with Gasteiger partial charge in [-0.3, -0.25) is 4.79 Å². The third kappa shape index (κ3) is 3.90. The molecule has 0 radical (unpaired) electrons. The lowest BCUT2D eigenvalue weighted by molar-refractivity contribution is -0.142. The van der Waals surface area contributed by atoms with Crippen molar-refractivity contribution in [1.29, 1.82) is 0 Å². The summed E-state index contributed by atoms with van der Waals surface area (Å²) in [5.74, 6) is 1.17. The number of carboxylic acids is 1. The number of carbonyl (C=O) groups is 1. The van der Waals surface area contributed by atoms with Gasteiger partial charge in [0.2, 0.25) is 0 Å². The highest BCUT2D eigenvalue weighted by Crippen LogP contribution is 2.41. The number of hydrogen-bond acceptors (Lipinski definition) is 3. The Kier molecular flexibility index (Phi) is 5.10. The predicted molar refractivity (Wildman–Crippen MR) is 81.1 cm³/mol. The van der Waals surface area contributed by atoms with Gasteiger partial charge in [-0.1, -0.05) is 6.07 Å². The van der Waals surface area contributed by atoms with E-state index in [2.05, 4.69) is 6.07 Å². The largest absolute Gasteiger partial charge is 0.497 e. The lowest BCUT2D eigenvalue weighted by Crippen LogP contribution is -2.21. The first-order valence-electron chi connectivity index (χ1n) is 7.58. The minimum absolute atomic E-state index is 0.103. The quantitative estimate of drug-likeness (QED) is 0.895. The molecule has 0 heterocycles. The van der Waals surface area contributed by atoms with Gasteiger partial charge in [-0.05, 0) is 57.1 Å². The lowest BCUT2D eigenvalue weighted by atomic mass is 9.78. The zero-order valence-electron chi connectivity index (χ0n) is 13.0. The Bertz CT molecular complexity index is 488. The molecule has 116 valence electrons. The normalized spacial score (nSPS) is 22.1. The molecule has 0 amide bonds.